The van der Waals surface area contributed by atoms with Crippen molar-refractivity contribution < 1.29 is 9.53 Å². The first-order valence-corrected chi connectivity index (χ1v) is 10.2. The summed E-state index contributed by atoms with van der Waals surface area (Å²) in [4.78, 5) is 28.2. The van der Waals surface area contributed by atoms with Gasteiger partial charge in [0.15, 0.2) is 0 Å². The minimum Gasteiger partial charge on any atom is -0.381 e. The quantitative estimate of drug-likeness (QED) is 0.723. The smallest absolute Gasteiger partial charge is 0.256 e. The molecule has 0 saturated carbocycles. The highest BCUT2D eigenvalue weighted by Crippen LogP contribution is 2.51. The predicted octanol–water partition coefficient (Wildman–Crippen LogP) is 3.28. The molecule has 1 fully saturated rings. The van der Waals surface area contributed by atoms with Crippen LogP contribution in [0.4, 0.5) is 0 Å². The van der Waals surface area contributed by atoms with E-state index in [4.69, 9.17) is 4.74 Å². The summed E-state index contributed by atoms with van der Waals surface area (Å²) in [5, 5.41) is 4.79. The van der Waals surface area contributed by atoms with Gasteiger partial charge in [-0.2, -0.15) is 0 Å². The van der Waals surface area contributed by atoms with Gasteiger partial charge in [0.2, 0.25) is 5.91 Å². The summed E-state index contributed by atoms with van der Waals surface area (Å²) in [6.45, 7) is 1.47. The molecule has 1 saturated heterocycles. The number of rotatable bonds is 3. The average Bonchev–Trinajstić information content (AvgIpc) is 3.01. The summed E-state index contributed by atoms with van der Waals surface area (Å²) in [6.07, 6.45) is 3.02. The Hall–Kier alpha value is -2.92. The Morgan fingerprint density at radius 3 is 2.72 bits per heavy atom. The van der Waals surface area contributed by atoms with Crippen molar-refractivity contribution in [3.8, 4) is 0 Å². The van der Waals surface area contributed by atoms with Crippen molar-refractivity contribution in [3.05, 3.63) is 81.8 Å². The van der Waals surface area contributed by atoms with E-state index in [2.05, 4.69) is 28.5 Å². The molecular formula is C24H24N2O3. The average molecular weight is 388 g/mol. The van der Waals surface area contributed by atoms with Gasteiger partial charge in [0, 0.05) is 29.7 Å². The molecule has 0 radical (unpaired) electrons. The molecule has 0 bridgehead atoms. The molecule has 2 N–H and O–H groups in total. The van der Waals surface area contributed by atoms with Crippen LogP contribution in [0.2, 0.25) is 0 Å². The van der Waals surface area contributed by atoms with E-state index in [9.17, 15) is 9.59 Å². The predicted molar refractivity (Wildman–Crippen MR) is 112 cm³/mol. The minimum atomic E-state index is -0.155. The Morgan fingerprint density at radius 2 is 1.86 bits per heavy atom. The van der Waals surface area contributed by atoms with E-state index in [0.29, 0.717) is 11.1 Å². The van der Waals surface area contributed by atoms with E-state index in [1.807, 2.05) is 30.3 Å². The van der Waals surface area contributed by atoms with Crippen molar-refractivity contribution >= 4 is 16.7 Å². The second kappa shape index (κ2) is 7.16. The number of H-pyrrole nitrogens is 1. The highest BCUT2D eigenvalue weighted by atomic mass is 16.5. The third kappa shape index (κ3) is 3.25. The monoisotopic (exact) mass is 388 g/mol. The van der Waals surface area contributed by atoms with E-state index >= 15 is 0 Å². The molecule has 5 nitrogen and oxygen atoms in total. The van der Waals surface area contributed by atoms with Crippen LogP contribution in [-0.2, 0) is 22.4 Å². The number of benzene rings is 2. The van der Waals surface area contributed by atoms with Crippen LogP contribution in [-0.4, -0.2) is 24.1 Å². The first kappa shape index (κ1) is 18.1. The standard InChI is InChI=1S/C24H24N2O3/c27-21(14-18-13-16-5-1-4-8-20(16)23(28)25-18)26-22-19-7-3-2-6-17(19)15-24(22)9-11-29-12-10-24/h1-8,13,22H,9-12,14-15H2,(H,25,28)(H,26,27). The van der Waals surface area contributed by atoms with Crippen molar-refractivity contribution in [2.75, 3.05) is 13.2 Å². The SMILES string of the molecule is O=C(Cc1cc2ccccc2c(=O)[nH]1)NC1c2ccccc2CC12CCOCC2. The molecule has 1 amide bonds. The van der Waals surface area contributed by atoms with Crippen molar-refractivity contribution in [2.24, 2.45) is 5.41 Å². The number of aromatic nitrogens is 1. The summed E-state index contributed by atoms with van der Waals surface area (Å²) in [6, 6.07) is 17.7. The minimum absolute atomic E-state index is 0.0118. The molecule has 3 aromatic rings. The fourth-order valence-electron chi connectivity index (χ4n) is 5.01. The fourth-order valence-corrected chi connectivity index (χ4v) is 5.01. The van der Waals surface area contributed by atoms with Crippen LogP contribution in [0.15, 0.2) is 59.4 Å². The molecule has 1 spiro atoms. The van der Waals surface area contributed by atoms with E-state index in [1.165, 1.54) is 11.1 Å². The van der Waals surface area contributed by atoms with Gasteiger partial charge in [-0.15, -0.1) is 0 Å². The first-order valence-electron chi connectivity index (χ1n) is 10.2. The van der Waals surface area contributed by atoms with Gasteiger partial charge in [0.05, 0.1) is 12.5 Å². The third-order valence-electron chi connectivity index (χ3n) is 6.48. The lowest BCUT2D eigenvalue weighted by Gasteiger charge is -2.39. The Labute approximate surface area is 169 Å². The maximum atomic E-state index is 13.0. The Balaban J connectivity index is 1.41. The van der Waals surface area contributed by atoms with Gasteiger partial charge in [-0.05, 0) is 47.9 Å². The van der Waals surface area contributed by atoms with Crippen LogP contribution in [0.3, 0.4) is 0 Å². The Bertz CT molecular complexity index is 1130. The number of nitrogens with one attached hydrogen (secondary N) is 2. The van der Waals surface area contributed by atoms with Crippen molar-refractivity contribution in [3.63, 3.8) is 0 Å². The van der Waals surface area contributed by atoms with Crippen molar-refractivity contribution in [2.45, 2.75) is 31.7 Å². The molecule has 148 valence electrons. The van der Waals surface area contributed by atoms with E-state index in [0.717, 1.165) is 37.9 Å². The maximum Gasteiger partial charge on any atom is 0.256 e. The molecule has 2 heterocycles. The number of carbonyl (C=O) groups is 1. The lowest BCUT2D eigenvalue weighted by molar-refractivity contribution is -0.123. The summed E-state index contributed by atoms with van der Waals surface area (Å²) >= 11 is 0. The molecule has 1 aliphatic heterocycles. The Kier molecular flexibility index (Phi) is 4.47. The van der Waals surface area contributed by atoms with E-state index in [1.54, 1.807) is 6.07 Å². The molecule has 5 heteroatoms. The number of carbonyl (C=O) groups excluding carboxylic acids is 1. The van der Waals surface area contributed by atoms with Crippen molar-refractivity contribution in [1.82, 2.24) is 10.3 Å². The topological polar surface area (TPSA) is 71.2 Å². The third-order valence-corrected chi connectivity index (χ3v) is 6.48. The zero-order chi connectivity index (χ0) is 19.8. The molecule has 1 unspecified atom stereocenters. The van der Waals surface area contributed by atoms with Gasteiger partial charge < -0.3 is 15.0 Å². The molecule has 29 heavy (non-hydrogen) atoms. The van der Waals surface area contributed by atoms with Crippen LogP contribution < -0.4 is 10.9 Å². The van der Waals surface area contributed by atoms with Gasteiger partial charge in [-0.3, -0.25) is 9.59 Å². The van der Waals surface area contributed by atoms with Crippen LogP contribution in [0.25, 0.3) is 10.8 Å². The summed E-state index contributed by atoms with van der Waals surface area (Å²) in [5.41, 5.74) is 3.04. The summed E-state index contributed by atoms with van der Waals surface area (Å²) in [7, 11) is 0. The zero-order valence-corrected chi connectivity index (χ0v) is 16.2. The number of hydrogen-bond acceptors (Lipinski definition) is 3. The van der Waals surface area contributed by atoms with Crippen LogP contribution in [0.5, 0.6) is 0 Å². The van der Waals surface area contributed by atoms with Crippen LogP contribution in [0.1, 0.15) is 35.7 Å². The van der Waals surface area contributed by atoms with Gasteiger partial charge in [-0.1, -0.05) is 42.5 Å². The largest absolute Gasteiger partial charge is 0.381 e. The fraction of sp³-hybridized carbons (Fsp3) is 0.333. The lowest BCUT2D eigenvalue weighted by Crippen LogP contribution is -2.42. The molecule has 1 atom stereocenters. The first-order chi connectivity index (χ1) is 14.1. The van der Waals surface area contributed by atoms with E-state index in [-0.39, 0.29) is 29.3 Å². The van der Waals surface area contributed by atoms with Gasteiger partial charge in [0.1, 0.15) is 0 Å². The van der Waals surface area contributed by atoms with Crippen LogP contribution >= 0.6 is 0 Å². The van der Waals surface area contributed by atoms with Gasteiger partial charge in [0.25, 0.3) is 5.56 Å². The Morgan fingerprint density at radius 1 is 1.10 bits per heavy atom. The zero-order valence-electron chi connectivity index (χ0n) is 16.2. The highest BCUT2D eigenvalue weighted by Gasteiger charge is 2.47. The van der Waals surface area contributed by atoms with Crippen molar-refractivity contribution in [1.29, 1.82) is 0 Å². The number of fused-ring (bicyclic) bond motifs is 2. The molecule has 1 aliphatic carbocycles. The number of amides is 1. The maximum absolute atomic E-state index is 13.0. The molecule has 2 aliphatic rings. The van der Waals surface area contributed by atoms with Gasteiger partial charge >= 0.3 is 0 Å². The van der Waals surface area contributed by atoms with Crippen LogP contribution in [0, 0.1) is 5.41 Å². The molecular weight excluding hydrogens is 364 g/mol. The number of pyridine rings is 1. The highest BCUT2D eigenvalue weighted by molar-refractivity contribution is 5.84. The van der Waals surface area contributed by atoms with E-state index < -0.39 is 0 Å². The van der Waals surface area contributed by atoms with Gasteiger partial charge in [-0.25, -0.2) is 0 Å². The number of hydrogen-bond donors (Lipinski definition) is 2. The molecule has 2 aromatic carbocycles. The molecule has 5 rings (SSSR count). The normalized spacial score (nSPS) is 19.9. The lowest BCUT2D eigenvalue weighted by atomic mass is 9.74. The second-order valence-electron chi connectivity index (χ2n) is 8.24. The summed E-state index contributed by atoms with van der Waals surface area (Å²) < 4.78 is 5.61. The second-order valence-corrected chi connectivity index (χ2v) is 8.24. The summed E-state index contributed by atoms with van der Waals surface area (Å²) in [5.74, 6) is -0.0662. The number of aromatic amines is 1. The number of ether oxygens (including phenoxy) is 1. The molecule has 1 aromatic heterocycles.